The summed E-state index contributed by atoms with van der Waals surface area (Å²) in [6.45, 7) is 0. The van der Waals surface area contributed by atoms with Crippen molar-refractivity contribution in [3.8, 4) is 0 Å². The van der Waals surface area contributed by atoms with Crippen LogP contribution in [0, 0.1) is 0 Å². The van der Waals surface area contributed by atoms with E-state index in [0.717, 1.165) is 13.2 Å². The largest absolute Gasteiger partial charge is 0.496 e. The first-order valence-electron chi connectivity index (χ1n) is 4.47. The molecule has 1 unspecified atom stereocenters. The van der Waals surface area contributed by atoms with E-state index in [0.29, 0.717) is 0 Å². The summed E-state index contributed by atoms with van der Waals surface area (Å²) in [6, 6.07) is 0. The Kier molecular flexibility index (Phi) is 3.85. The first kappa shape index (κ1) is 14.0. The maximum absolute atomic E-state index is 11.4. The standard InChI is InChI=1S/C9H11ClO6S/c1-15-7-3-4-9(16-2,17(10,13)14)5-6(7)8(11)12/h3,5H,4H2,1-2H3,(H,11,12). The molecule has 0 aliphatic heterocycles. The van der Waals surface area contributed by atoms with E-state index in [1.807, 2.05) is 0 Å². The molecular weight excluding hydrogens is 272 g/mol. The molecule has 1 rings (SSSR count). The first-order chi connectivity index (χ1) is 7.77. The SMILES string of the molecule is COC1=CCC(OC)(S(=O)(=O)Cl)C=C1C(=O)O. The zero-order valence-corrected chi connectivity index (χ0v) is 10.7. The van der Waals surface area contributed by atoms with Gasteiger partial charge in [-0.25, -0.2) is 13.2 Å². The molecule has 0 heterocycles. The maximum Gasteiger partial charge on any atom is 0.339 e. The lowest BCUT2D eigenvalue weighted by Crippen LogP contribution is -2.38. The summed E-state index contributed by atoms with van der Waals surface area (Å²) >= 11 is 0. The highest BCUT2D eigenvalue weighted by Crippen LogP contribution is 2.35. The van der Waals surface area contributed by atoms with Gasteiger partial charge in [-0.3, -0.25) is 0 Å². The maximum atomic E-state index is 11.4. The molecule has 0 amide bonds. The summed E-state index contributed by atoms with van der Waals surface area (Å²) in [5, 5.41) is 8.95. The zero-order valence-electron chi connectivity index (χ0n) is 9.14. The Balaban J connectivity index is 3.36. The molecule has 0 spiro atoms. The zero-order chi connectivity index (χ0) is 13.3. The topological polar surface area (TPSA) is 89.9 Å². The summed E-state index contributed by atoms with van der Waals surface area (Å²) in [6.07, 6.45) is 2.14. The number of methoxy groups -OCH3 is 2. The van der Waals surface area contributed by atoms with Crippen molar-refractivity contribution in [2.45, 2.75) is 11.4 Å². The fourth-order valence-electron chi connectivity index (χ4n) is 1.47. The quantitative estimate of drug-likeness (QED) is 0.769. The molecule has 0 bridgehead atoms. The molecule has 0 aromatic rings. The molecule has 1 aliphatic rings. The Morgan fingerprint density at radius 2 is 2.12 bits per heavy atom. The van der Waals surface area contributed by atoms with Gasteiger partial charge in [-0.05, 0) is 12.2 Å². The van der Waals surface area contributed by atoms with Crippen LogP contribution in [0.25, 0.3) is 0 Å². The van der Waals surface area contributed by atoms with Crippen LogP contribution in [-0.4, -0.2) is 38.6 Å². The van der Waals surface area contributed by atoms with Crippen LogP contribution in [0.1, 0.15) is 6.42 Å². The molecule has 0 aromatic carbocycles. The van der Waals surface area contributed by atoms with Crippen LogP contribution in [0.2, 0.25) is 0 Å². The van der Waals surface area contributed by atoms with Gasteiger partial charge < -0.3 is 14.6 Å². The van der Waals surface area contributed by atoms with Crippen LogP contribution in [-0.2, 0) is 23.3 Å². The van der Waals surface area contributed by atoms with E-state index in [2.05, 4.69) is 0 Å². The number of aliphatic carboxylic acids is 1. The minimum atomic E-state index is -4.13. The molecule has 0 fully saturated rings. The van der Waals surface area contributed by atoms with Gasteiger partial charge in [-0.1, -0.05) is 0 Å². The molecule has 0 aromatic heterocycles. The fourth-order valence-corrected chi connectivity index (χ4v) is 2.72. The normalized spacial score (nSPS) is 24.9. The second kappa shape index (κ2) is 4.67. The van der Waals surface area contributed by atoms with E-state index in [1.165, 1.54) is 13.2 Å². The molecule has 0 radical (unpaired) electrons. The smallest absolute Gasteiger partial charge is 0.339 e. The highest BCUT2D eigenvalue weighted by molar-refractivity contribution is 8.14. The number of halogens is 1. The lowest BCUT2D eigenvalue weighted by atomic mass is 10.0. The second-order valence-corrected chi connectivity index (χ2v) is 6.08. The van der Waals surface area contributed by atoms with Crippen molar-refractivity contribution >= 4 is 25.7 Å². The Bertz CT molecular complexity index is 492. The van der Waals surface area contributed by atoms with E-state index < -0.39 is 20.0 Å². The monoisotopic (exact) mass is 282 g/mol. The Morgan fingerprint density at radius 3 is 2.47 bits per heavy atom. The predicted octanol–water partition coefficient (Wildman–Crippen LogP) is 0.843. The lowest BCUT2D eigenvalue weighted by molar-refractivity contribution is -0.132. The minimum Gasteiger partial charge on any atom is -0.496 e. The number of hydrogen-bond acceptors (Lipinski definition) is 5. The third-order valence-electron chi connectivity index (χ3n) is 2.41. The van der Waals surface area contributed by atoms with Crippen LogP contribution in [0.15, 0.2) is 23.5 Å². The number of rotatable bonds is 4. The molecule has 0 saturated heterocycles. The molecule has 6 nitrogen and oxygen atoms in total. The van der Waals surface area contributed by atoms with Crippen molar-refractivity contribution in [2.24, 2.45) is 0 Å². The van der Waals surface area contributed by atoms with Gasteiger partial charge in [-0.15, -0.1) is 0 Å². The van der Waals surface area contributed by atoms with Crippen LogP contribution in [0.4, 0.5) is 0 Å². The Labute approximate surface area is 103 Å². The van der Waals surface area contributed by atoms with E-state index >= 15 is 0 Å². The molecule has 1 atom stereocenters. The summed E-state index contributed by atoms with van der Waals surface area (Å²) in [4.78, 5) is 9.10. The van der Waals surface area contributed by atoms with Crippen LogP contribution in [0.3, 0.4) is 0 Å². The van der Waals surface area contributed by atoms with Crippen molar-refractivity contribution in [2.75, 3.05) is 14.2 Å². The van der Waals surface area contributed by atoms with Gasteiger partial charge in [0.15, 0.2) is 0 Å². The molecule has 17 heavy (non-hydrogen) atoms. The van der Waals surface area contributed by atoms with E-state index in [1.54, 1.807) is 0 Å². The van der Waals surface area contributed by atoms with Crippen molar-refractivity contribution in [1.29, 1.82) is 0 Å². The molecule has 1 aliphatic carbocycles. The van der Waals surface area contributed by atoms with Gasteiger partial charge in [0.25, 0.3) is 9.05 Å². The summed E-state index contributed by atoms with van der Waals surface area (Å²) in [5.41, 5.74) is -0.301. The average molecular weight is 283 g/mol. The van der Waals surface area contributed by atoms with Gasteiger partial charge >= 0.3 is 5.97 Å². The van der Waals surface area contributed by atoms with Gasteiger partial charge in [0.1, 0.15) is 11.3 Å². The molecular formula is C9H11ClO6S. The number of carbonyl (C=O) groups is 1. The Morgan fingerprint density at radius 1 is 1.53 bits per heavy atom. The summed E-state index contributed by atoms with van der Waals surface area (Å²) < 4.78 is 32.6. The average Bonchev–Trinajstić information content (AvgIpc) is 2.26. The van der Waals surface area contributed by atoms with Crippen LogP contribution < -0.4 is 0 Å². The molecule has 96 valence electrons. The van der Waals surface area contributed by atoms with Crippen LogP contribution >= 0.6 is 10.7 Å². The van der Waals surface area contributed by atoms with Crippen molar-refractivity contribution in [3.63, 3.8) is 0 Å². The van der Waals surface area contributed by atoms with E-state index in [4.69, 9.17) is 25.3 Å². The van der Waals surface area contributed by atoms with Crippen molar-refractivity contribution < 1.29 is 27.8 Å². The van der Waals surface area contributed by atoms with Gasteiger partial charge in [-0.2, -0.15) is 0 Å². The molecule has 1 N–H and O–H groups in total. The third kappa shape index (κ3) is 2.46. The molecule has 8 heteroatoms. The highest BCUT2D eigenvalue weighted by atomic mass is 35.7. The fraction of sp³-hybridized carbons (Fsp3) is 0.444. The van der Waals surface area contributed by atoms with E-state index in [9.17, 15) is 13.2 Å². The van der Waals surface area contributed by atoms with Crippen molar-refractivity contribution in [1.82, 2.24) is 0 Å². The van der Waals surface area contributed by atoms with Gasteiger partial charge in [0, 0.05) is 24.2 Å². The number of ether oxygens (including phenoxy) is 2. The van der Waals surface area contributed by atoms with Gasteiger partial charge in [0.05, 0.1) is 7.11 Å². The second-order valence-electron chi connectivity index (χ2n) is 3.29. The highest BCUT2D eigenvalue weighted by Gasteiger charge is 2.44. The number of carboxylic acids is 1. The number of hydrogen-bond donors (Lipinski definition) is 1. The lowest BCUT2D eigenvalue weighted by Gasteiger charge is -2.28. The minimum absolute atomic E-state index is 0.0745. The summed E-state index contributed by atoms with van der Waals surface area (Å²) in [5.74, 6) is -1.25. The molecule has 0 saturated carbocycles. The van der Waals surface area contributed by atoms with E-state index in [-0.39, 0.29) is 17.8 Å². The number of carboxylic acid groups (broad SMARTS) is 1. The summed E-state index contributed by atoms with van der Waals surface area (Å²) in [7, 11) is 3.57. The predicted molar refractivity (Wildman–Crippen MR) is 59.9 cm³/mol. The first-order valence-corrected chi connectivity index (χ1v) is 6.78. The van der Waals surface area contributed by atoms with Crippen molar-refractivity contribution in [3.05, 3.63) is 23.5 Å². The van der Waals surface area contributed by atoms with Gasteiger partial charge in [0.2, 0.25) is 4.93 Å². The van der Waals surface area contributed by atoms with Crippen LogP contribution in [0.5, 0.6) is 0 Å². The third-order valence-corrected chi connectivity index (χ3v) is 4.47. The Hall–Kier alpha value is -1.05.